The van der Waals surface area contributed by atoms with Crippen LogP contribution in [0.3, 0.4) is 0 Å². The summed E-state index contributed by atoms with van der Waals surface area (Å²) in [6.45, 7) is 9.07. The topological polar surface area (TPSA) is 0 Å². The van der Waals surface area contributed by atoms with Crippen molar-refractivity contribution in [2.75, 3.05) is 0 Å². The molecular weight excluding hydrogens is 216 g/mol. The van der Waals surface area contributed by atoms with Gasteiger partial charge in [0.05, 0.1) is 0 Å². The Morgan fingerprint density at radius 2 is 1.89 bits per heavy atom. The van der Waals surface area contributed by atoms with Crippen molar-refractivity contribution in [2.45, 2.75) is 52.9 Å². The van der Waals surface area contributed by atoms with Crippen molar-refractivity contribution in [2.24, 2.45) is 0 Å². The highest BCUT2D eigenvalue weighted by Crippen LogP contribution is 2.30. The molecule has 0 heteroatoms. The Balaban J connectivity index is 2.59. The van der Waals surface area contributed by atoms with Crippen molar-refractivity contribution in [1.82, 2.24) is 0 Å². The summed E-state index contributed by atoms with van der Waals surface area (Å²) in [4.78, 5) is 0. The van der Waals surface area contributed by atoms with Crippen molar-refractivity contribution >= 4 is 10.8 Å². The fraction of sp³-hybridized carbons (Fsp3) is 0.444. The molecule has 0 aliphatic rings. The van der Waals surface area contributed by atoms with Gasteiger partial charge in [0, 0.05) is 0 Å². The summed E-state index contributed by atoms with van der Waals surface area (Å²) < 4.78 is 0. The molecule has 0 amide bonds. The summed E-state index contributed by atoms with van der Waals surface area (Å²) >= 11 is 0. The molecule has 0 aliphatic carbocycles. The smallest absolute Gasteiger partial charge is 0.0120 e. The van der Waals surface area contributed by atoms with E-state index < -0.39 is 0 Å². The van der Waals surface area contributed by atoms with E-state index in [0.29, 0.717) is 5.92 Å². The third-order valence-corrected chi connectivity index (χ3v) is 3.72. The minimum absolute atomic E-state index is 0.593. The Labute approximate surface area is 111 Å². The van der Waals surface area contributed by atoms with E-state index in [-0.39, 0.29) is 0 Å². The monoisotopic (exact) mass is 240 g/mol. The van der Waals surface area contributed by atoms with Gasteiger partial charge in [-0.2, -0.15) is 0 Å². The number of hydrogen-bond acceptors (Lipinski definition) is 0. The summed E-state index contributed by atoms with van der Waals surface area (Å²) in [6.07, 6.45) is 3.76. The Morgan fingerprint density at radius 1 is 1.11 bits per heavy atom. The number of rotatable bonds is 4. The van der Waals surface area contributed by atoms with E-state index in [4.69, 9.17) is 0 Å². The molecule has 0 spiro atoms. The third kappa shape index (κ3) is 2.58. The van der Waals surface area contributed by atoms with E-state index in [1.165, 1.54) is 46.7 Å². The average molecular weight is 240 g/mol. The fourth-order valence-corrected chi connectivity index (χ4v) is 2.70. The van der Waals surface area contributed by atoms with Gasteiger partial charge in [-0.25, -0.2) is 0 Å². The summed E-state index contributed by atoms with van der Waals surface area (Å²) in [5.41, 5.74) is 4.41. The van der Waals surface area contributed by atoms with Crippen molar-refractivity contribution < 1.29 is 0 Å². The molecule has 2 rings (SSSR count). The van der Waals surface area contributed by atoms with Gasteiger partial charge in [-0.1, -0.05) is 57.5 Å². The van der Waals surface area contributed by atoms with E-state index >= 15 is 0 Å². The first-order valence-corrected chi connectivity index (χ1v) is 7.15. The largest absolute Gasteiger partial charge is 0.0654 e. The highest BCUT2D eigenvalue weighted by atomic mass is 14.1. The second-order valence-corrected chi connectivity index (χ2v) is 5.62. The Hall–Kier alpha value is -1.30. The molecule has 0 radical (unpaired) electrons. The zero-order chi connectivity index (χ0) is 13.1. The number of fused-ring (bicyclic) bond motifs is 1. The van der Waals surface area contributed by atoms with Crippen LogP contribution in [0.2, 0.25) is 0 Å². The first-order valence-electron chi connectivity index (χ1n) is 7.15. The number of unbranched alkanes of at least 4 members (excludes halogenated alkanes) is 1. The molecule has 0 aromatic heterocycles. The van der Waals surface area contributed by atoms with Crippen LogP contribution in [0.4, 0.5) is 0 Å². The van der Waals surface area contributed by atoms with E-state index in [9.17, 15) is 0 Å². The highest BCUT2D eigenvalue weighted by Gasteiger charge is 2.09. The predicted octanol–water partition coefficient (Wildman–Crippen LogP) is 5.61. The molecule has 18 heavy (non-hydrogen) atoms. The van der Waals surface area contributed by atoms with Crippen LogP contribution in [0.15, 0.2) is 30.3 Å². The molecule has 0 bridgehead atoms. The molecule has 0 aliphatic heterocycles. The van der Waals surface area contributed by atoms with Crippen LogP contribution in [0.25, 0.3) is 10.8 Å². The zero-order valence-electron chi connectivity index (χ0n) is 12.1. The normalized spacial score (nSPS) is 11.4. The Morgan fingerprint density at radius 3 is 2.56 bits per heavy atom. The molecular formula is C18H24. The van der Waals surface area contributed by atoms with Gasteiger partial charge < -0.3 is 0 Å². The molecule has 0 atom stereocenters. The lowest BCUT2D eigenvalue weighted by atomic mass is 9.90. The van der Waals surface area contributed by atoms with Crippen LogP contribution in [0, 0.1) is 6.92 Å². The molecule has 0 saturated heterocycles. The molecule has 0 saturated carbocycles. The minimum atomic E-state index is 0.593. The molecule has 0 nitrogen and oxygen atoms in total. The lowest BCUT2D eigenvalue weighted by Crippen LogP contribution is -1.95. The van der Waals surface area contributed by atoms with Crippen molar-refractivity contribution in [3.8, 4) is 0 Å². The van der Waals surface area contributed by atoms with E-state index in [1.807, 2.05) is 0 Å². The third-order valence-electron chi connectivity index (χ3n) is 3.72. The van der Waals surface area contributed by atoms with Gasteiger partial charge in [0.2, 0.25) is 0 Å². The summed E-state index contributed by atoms with van der Waals surface area (Å²) in [6, 6.07) is 11.5. The lowest BCUT2D eigenvalue weighted by molar-refractivity contribution is 0.791. The van der Waals surface area contributed by atoms with Crippen molar-refractivity contribution in [3.63, 3.8) is 0 Å². The molecule has 2 aromatic carbocycles. The molecule has 2 aromatic rings. The average Bonchev–Trinajstić information content (AvgIpc) is 2.35. The van der Waals surface area contributed by atoms with E-state index in [1.54, 1.807) is 0 Å². The van der Waals surface area contributed by atoms with Crippen LogP contribution in [0.1, 0.15) is 56.2 Å². The molecule has 0 fully saturated rings. The van der Waals surface area contributed by atoms with Crippen LogP contribution in [-0.4, -0.2) is 0 Å². The van der Waals surface area contributed by atoms with Gasteiger partial charge in [0.15, 0.2) is 0 Å². The maximum absolute atomic E-state index is 2.43. The quantitative estimate of drug-likeness (QED) is 0.651. The van der Waals surface area contributed by atoms with Gasteiger partial charge in [0.1, 0.15) is 0 Å². The molecule has 96 valence electrons. The van der Waals surface area contributed by atoms with Crippen LogP contribution in [-0.2, 0) is 6.42 Å². The van der Waals surface area contributed by atoms with Crippen LogP contribution < -0.4 is 0 Å². The lowest BCUT2D eigenvalue weighted by Gasteiger charge is -2.15. The summed E-state index contributed by atoms with van der Waals surface area (Å²) in [7, 11) is 0. The Bertz CT molecular complexity index is 535. The Kier molecular flexibility index (Phi) is 4.06. The summed E-state index contributed by atoms with van der Waals surface area (Å²) in [5, 5.41) is 2.88. The van der Waals surface area contributed by atoms with Gasteiger partial charge in [-0.15, -0.1) is 0 Å². The van der Waals surface area contributed by atoms with E-state index in [2.05, 4.69) is 58.0 Å². The molecule has 0 unspecified atom stereocenters. The maximum Gasteiger partial charge on any atom is -0.0120 e. The van der Waals surface area contributed by atoms with Gasteiger partial charge >= 0.3 is 0 Å². The maximum atomic E-state index is 2.43. The zero-order valence-corrected chi connectivity index (χ0v) is 12.1. The fourth-order valence-electron chi connectivity index (χ4n) is 2.70. The first-order chi connectivity index (χ1) is 8.63. The number of aryl methyl sites for hydroxylation is 2. The predicted molar refractivity (Wildman–Crippen MR) is 81.4 cm³/mol. The highest BCUT2D eigenvalue weighted by molar-refractivity contribution is 5.89. The standard InChI is InChI=1S/C18H24/c1-5-6-9-15-11-16-10-7-8-14(4)18(16)17(12-15)13(2)3/h7-8,10-13H,5-6,9H2,1-4H3. The van der Waals surface area contributed by atoms with Gasteiger partial charge in [-0.05, 0) is 53.1 Å². The van der Waals surface area contributed by atoms with Crippen LogP contribution in [0.5, 0.6) is 0 Å². The van der Waals surface area contributed by atoms with Crippen molar-refractivity contribution in [3.05, 3.63) is 47.0 Å². The van der Waals surface area contributed by atoms with Gasteiger partial charge in [0.25, 0.3) is 0 Å². The van der Waals surface area contributed by atoms with Crippen molar-refractivity contribution in [1.29, 1.82) is 0 Å². The van der Waals surface area contributed by atoms with Crippen LogP contribution >= 0.6 is 0 Å². The second kappa shape index (κ2) is 5.56. The number of benzene rings is 2. The SMILES string of the molecule is CCCCc1cc(C(C)C)c2c(C)cccc2c1. The van der Waals surface area contributed by atoms with Gasteiger partial charge in [-0.3, -0.25) is 0 Å². The van der Waals surface area contributed by atoms with E-state index in [0.717, 1.165) is 0 Å². The summed E-state index contributed by atoms with van der Waals surface area (Å²) in [5.74, 6) is 0.593. The molecule has 0 heterocycles. The molecule has 0 N–H and O–H groups in total. The number of hydrogen-bond donors (Lipinski definition) is 0. The second-order valence-electron chi connectivity index (χ2n) is 5.62. The minimum Gasteiger partial charge on any atom is -0.0654 e. The first kappa shape index (κ1) is 13.1.